The highest BCUT2D eigenvalue weighted by atomic mass is 16.3. The first-order valence-electron chi connectivity index (χ1n) is 7.33. The molecule has 3 aromatic rings. The number of fused-ring (bicyclic) bond motifs is 1. The van der Waals surface area contributed by atoms with Crippen LogP contribution in [-0.2, 0) is 6.42 Å². The molecule has 0 radical (unpaired) electrons. The van der Waals surface area contributed by atoms with Crippen molar-refractivity contribution in [3.8, 4) is 11.6 Å². The highest BCUT2D eigenvalue weighted by molar-refractivity contribution is 5.81. The quantitative estimate of drug-likeness (QED) is 0.779. The normalized spacial score (nSPS) is 11.0. The first-order chi connectivity index (χ1) is 10.2. The standard InChI is InChI=1S/C17H19N3O/c1-4-13-11(3)16(18-5-2)20-17(19-13)15-10-12-8-6-7-9-14(12)21-15/h6-10H,4-5H2,1-3H3,(H,18,19,20). The molecule has 0 aliphatic rings. The third-order valence-corrected chi connectivity index (χ3v) is 3.57. The Morgan fingerprint density at radius 2 is 1.95 bits per heavy atom. The predicted octanol–water partition coefficient (Wildman–Crippen LogP) is 4.19. The Morgan fingerprint density at radius 3 is 2.67 bits per heavy atom. The molecule has 0 aliphatic heterocycles. The Kier molecular flexibility index (Phi) is 3.60. The van der Waals surface area contributed by atoms with Crippen molar-refractivity contribution in [3.05, 3.63) is 41.6 Å². The van der Waals surface area contributed by atoms with Gasteiger partial charge in [-0.25, -0.2) is 9.97 Å². The molecular weight excluding hydrogens is 262 g/mol. The van der Waals surface area contributed by atoms with Gasteiger partial charge in [0, 0.05) is 23.2 Å². The summed E-state index contributed by atoms with van der Waals surface area (Å²) in [7, 11) is 0. The van der Waals surface area contributed by atoms with Crippen LogP contribution in [0.3, 0.4) is 0 Å². The number of hydrogen-bond acceptors (Lipinski definition) is 4. The molecule has 0 fully saturated rings. The van der Waals surface area contributed by atoms with Gasteiger partial charge in [0.15, 0.2) is 11.6 Å². The van der Waals surface area contributed by atoms with Crippen LogP contribution in [0, 0.1) is 6.92 Å². The molecule has 21 heavy (non-hydrogen) atoms. The minimum Gasteiger partial charge on any atom is -0.453 e. The molecule has 108 valence electrons. The number of aromatic nitrogens is 2. The summed E-state index contributed by atoms with van der Waals surface area (Å²) in [6, 6.07) is 9.95. The molecule has 1 N–H and O–H groups in total. The molecule has 1 aromatic carbocycles. The number of benzene rings is 1. The van der Waals surface area contributed by atoms with E-state index in [0.29, 0.717) is 11.6 Å². The van der Waals surface area contributed by atoms with Crippen LogP contribution in [0.15, 0.2) is 34.7 Å². The van der Waals surface area contributed by atoms with Crippen LogP contribution >= 0.6 is 0 Å². The zero-order valence-corrected chi connectivity index (χ0v) is 12.6. The van der Waals surface area contributed by atoms with E-state index in [1.165, 1.54) is 0 Å². The largest absolute Gasteiger partial charge is 0.453 e. The van der Waals surface area contributed by atoms with E-state index < -0.39 is 0 Å². The van der Waals surface area contributed by atoms with Gasteiger partial charge in [-0.1, -0.05) is 25.1 Å². The van der Waals surface area contributed by atoms with E-state index in [-0.39, 0.29) is 0 Å². The maximum absolute atomic E-state index is 5.87. The van der Waals surface area contributed by atoms with Crippen molar-refractivity contribution in [2.75, 3.05) is 11.9 Å². The van der Waals surface area contributed by atoms with Gasteiger partial charge >= 0.3 is 0 Å². The Morgan fingerprint density at radius 1 is 1.14 bits per heavy atom. The lowest BCUT2D eigenvalue weighted by molar-refractivity contribution is 0.624. The molecule has 3 rings (SSSR count). The van der Waals surface area contributed by atoms with Crippen molar-refractivity contribution < 1.29 is 4.42 Å². The van der Waals surface area contributed by atoms with Crippen LogP contribution in [-0.4, -0.2) is 16.5 Å². The Balaban J connectivity index is 2.14. The predicted molar refractivity (Wildman–Crippen MR) is 85.5 cm³/mol. The van der Waals surface area contributed by atoms with E-state index in [0.717, 1.165) is 41.0 Å². The van der Waals surface area contributed by atoms with E-state index in [9.17, 15) is 0 Å². The molecule has 2 heterocycles. The topological polar surface area (TPSA) is 51.0 Å². The number of nitrogens with zero attached hydrogens (tertiary/aromatic N) is 2. The lowest BCUT2D eigenvalue weighted by Gasteiger charge is -2.11. The molecule has 0 spiro atoms. The molecule has 0 saturated heterocycles. The maximum Gasteiger partial charge on any atom is 0.197 e. The molecule has 4 nitrogen and oxygen atoms in total. The van der Waals surface area contributed by atoms with Gasteiger partial charge in [0.1, 0.15) is 11.4 Å². The van der Waals surface area contributed by atoms with E-state index in [1.54, 1.807) is 0 Å². The van der Waals surface area contributed by atoms with Crippen molar-refractivity contribution in [2.24, 2.45) is 0 Å². The second-order valence-electron chi connectivity index (χ2n) is 5.00. The average molecular weight is 281 g/mol. The molecule has 2 aromatic heterocycles. The van der Waals surface area contributed by atoms with Crippen molar-refractivity contribution >= 4 is 16.8 Å². The first-order valence-corrected chi connectivity index (χ1v) is 7.33. The summed E-state index contributed by atoms with van der Waals surface area (Å²) in [6.07, 6.45) is 0.875. The van der Waals surface area contributed by atoms with Crippen molar-refractivity contribution in [2.45, 2.75) is 27.2 Å². The minimum absolute atomic E-state index is 0.643. The number of para-hydroxylation sites is 1. The number of hydrogen-bond donors (Lipinski definition) is 1. The van der Waals surface area contributed by atoms with Gasteiger partial charge in [-0.2, -0.15) is 0 Å². The third-order valence-electron chi connectivity index (χ3n) is 3.57. The number of anilines is 1. The first kappa shape index (κ1) is 13.6. The van der Waals surface area contributed by atoms with Gasteiger partial charge in [-0.3, -0.25) is 0 Å². The second kappa shape index (κ2) is 5.56. The average Bonchev–Trinajstić information content (AvgIpc) is 2.93. The van der Waals surface area contributed by atoms with Crippen LogP contribution in [0.5, 0.6) is 0 Å². The molecule has 0 amide bonds. The summed E-state index contributed by atoms with van der Waals surface area (Å²) in [5.74, 6) is 2.24. The highest BCUT2D eigenvalue weighted by Crippen LogP contribution is 2.27. The van der Waals surface area contributed by atoms with Gasteiger partial charge in [0.2, 0.25) is 0 Å². The van der Waals surface area contributed by atoms with Gasteiger partial charge in [0.25, 0.3) is 0 Å². The van der Waals surface area contributed by atoms with Gasteiger partial charge < -0.3 is 9.73 Å². The summed E-state index contributed by atoms with van der Waals surface area (Å²) in [5.41, 5.74) is 3.02. The second-order valence-corrected chi connectivity index (χ2v) is 5.00. The molecule has 0 unspecified atom stereocenters. The summed E-state index contributed by atoms with van der Waals surface area (Å²) >= 11 is 0. The van der Waals surface area contributed by atoms with E-state index in [2.05, 4.69) is 36.1 Å². The van der Waals surface area contributed by atoms with Gasteiger partial charge in [-0.05, 0) is 32.4 Å². The van der Waals surface area contributed by atoms with Crippen molar-refractivity contribution in [1.29, 1.82) is 0 Å². The molecule has 0 bridgehead atoms. The smallest absolute Gasteiger partial charge is 0.197 e. The van der Waals surface area contributed by atoms with Gasteiger partial charge in [-0.15, -0.1) is 0 Å². The number of nitrogens with one attached hydrogen (secondary N) is 1. The third kappa shape index (κ3) is 2.49. The molecule has 0 saturated carbocycles. The molecule has 0 aliphatic carbocycles. The number of aryl methyl sites for hydroxylation is 1. The van der Waals surface area contributed by atoms with Crippen LogP contribution in [0.25, 0.3) is 22.6 Å². The summed E-state index contributed by atoms with van der Waals surface area (Å²) in [4.78, 5) is 9.27. The molecule has 4 heteroatoms. The highest BCUT2D eigenvalue weighted by Gasteiger charge is 2.14. The van der Waals surface area contributed by atoms with Crippen LogP contribution in [0.1, 0.15) is 25.1 Å². The summed E-state index contributed by atoms with van der Waals surface area (Å²) in [6.45, 7) is 7.06. The van der Waals surface area contributed by atoms with Crippen LogP contribution < -0.4 is 5.32 Å². The Bertz CT molecular complexity index is 744. The summed E-state index contributed by atoms with van der Waals surface area (Å²) in [5, 5.41) is 4.37. The Hall–Kier alpha value is -2.36. The lowest BCUT2D eigenvalue weighted by atomic mass is 10.2. The van der Waals surface area contributed by atoms with E-state index in [4.69, 9.17) is 4.42 Å². The molecule has 0 atom stereocenters. The van der Waals surface area contributed by atoms with Gasteiger partial charge in [0.05, 0.1) is 0 Å². The minimum atomic E-state index is 0.643. The SMILES string of the molecule is CCNc1nc(-c2cc3ccccc3o2)nc(CC)c1C. The van der Waals surface area contributed by atoms with Crippen molar-refractivity contribution in [3.63, 3.8) is 0 Å². The lowest BCUT2D eigenvalue weighted by Crippen LogP contribution is -2.07. The Labute approximate surface area is 124 Å². The maximum atomic E-state index is 5.87. The van der Waals surface area contributed by atoms with Crippen LogP contribution in [0.2, 0.25) is 0 Å². The van der Waals surface area contributed by atoms with Crippen LogP contribution in [0.4, 0.5) is 5.82 Å². The fourth-order valence-electron chi connectivity index (χ4n) is 2.45. The number of rotatable bonds is 4. The zero-order chi connectivity index (χ0) is 14.8. The van der Waals surface area contributed by atoms with E-state index >= 15 is 0 Å². The number of furan rings is 1. The summed E-state index contributed by atoms with van der Waals surface area (Å²) < 4.78 is 5.87. The fourth-order valence-corrected chi connectivity index (χ4v) is 2.45. The zero-order valence-electron chi connectivity index (χ0n) is 12.6. The molecular formula is C17H19N3O. The van der Waals surface area contributed by atoms with E-state index in [1.807, 2.05) is 30.3 Å². The van der Waals surface area contributed by atoms with Crippen molar-refractivity contribution in [1.82, 2.24) is 9.97 Å². The monoisotopic (exact) mass is 281 g/mol. The fraction of sp³-hybridized carbons (Fsp3) is 0.294.